The van der Waals surface area contributed by atoms with Gasteiger partial charge in [0.15, 0.2) is 0 Å². The first-order valence-electron chi connectivity index (χ1n) is 9.04. The molecule has 2 aliphatic heterocycles. The zero-order chi connectivity index (χ0) is 18.8. The molecule has 1 aromatic carbocycles. The van der Waals surface area contributed by atoms with Gasteiger partial charge in [0, 0.05) is 18.1 Å². The van der Waals surface area contributed by atoms with E-state index in [9.17, 15) is 4.79 Å². The van der Waals surface area contributed by atoms with Gasteiger partial charge >= 0.3 is 0 Å². The highest BCUT2D eigenvalue weighted by Crippen LogP contribution is 2.29. The summed E-state index contributed by atoms with van der Waals surface area (Å²) in [6, 6.07) is 10.1. The fraction of sp³-hybridized carbons (Fsp3) is 0.364. The van der Waals surface area contributed by atoms with Crippen LogP contribution >= 0.6 is 0 Å². The average Bonchev–Trinajstić information content (AvgIpc) is 3.08. The molecule has 1 amide bonds. The standard InChI is InChI=1S/C22H25N3O/c1-17(2)25(14-8-13-23-25)16-20-18(3)15-22(4,24-21(20)26)12-11-19-9-6-5-7-10-19/h5-10,13-14,17H,15-16H2,1-4H3/p+1. The number of carbonyl (C=O) groups is 1. The van der Waals surface area contributed by atoms with Crippen molar-refractivity contribution >= 4 is 12.1 Å². The summed E-state index contributed by atoms with van der Waals surface area (Å²) < 4.78 is 0.437. The Morgan fingerprint density at radius 2 is 2.04 bits per heavy atom. The number of quaternary nitrogens is 1. The van der Waals surface area contributed by atoms with Crippen LogP contribution in [0, 0.1) is 11.8 Å². The third kappa shape index (κ3) is 3.63. The fourth-order valence-corrected chi connectivity index (χ4v) is 3.44. The van der Waals surface area contributed by atoms with E-state index in [0.717, 1.165) is 23.1 Å². The van der Waals surface area contributed by atoms with E-state index >= 15 is 0 Å². The van der Waals surface area contributed by atoms with Crippen molar-refractivity contribution in [1.82, 2.24) is 5.32 Å². The van der Waals surface area contributed by atoms with E-state index in [4.69, 9.17) is 0 Å². The maximum atomic E-state index is 12.9. The first-order valence-corrected chi connectivity index (χ1v) is 9.04. The summed E-state index contributed by atoms with van der Waals surface area (Å²) in [6.07, 6.45) is 6.54. The second-order valence-corrected chi connectivity index (χ2v) is 7.58. The number of rotatable bonds is 3. The molecule has 0 aromatic heterocycles. The van der Waals surface area contributed by atoms with E-state index in [0.29, 0.717) is 11.1 Å². The van der Waals surface area contributed by atoms with Crippen LogP contribution in [0.25, 0.3) is 0 Å². The molecule has 134 valence electrons. The molecule has 2 heterocycles. The summed E-state index contributed by atoms with van der Waals surface area (Å²) in [5.74, 6) is 6.41. The summed E-state index contributed by atoms with van der Waals surface area (Å²) >= 11 is 0. The Morgan fingerprint density at radius 1 is 1.31 bits per heavy atom. The van der Waals surface area contributed by atoms with Crippen LogP contribution in [0.3, 0.4) is 0 Å². The number of nitrogens with zero attached hydrogens (tertiary/aromatic N) is 2. The molecule has 0 saturated heterocycles. The summed E-state index contributed by atoms with van der Waals surface area (Å²) in [5.41, 5.74) is 2.32. The van der Waals surface area contributed by atoms with Crippen LogP contribution in [0.15, 0.2) is 58.9 Å². The molecular formula is C22H26N3O+. The van der Waals surface area contributed by atoms with E-state index in [1.165, 1.54) is 0 Å². The van der Waals surface area contributed by atoms with E-state index in [2.05, 4.69) is 42.3 Å². The minimum atomic E-state index is -0.548. The lowest BCUT2D eigenvalue weighted by atomic mass is 9.86. The van der Waals surface area contributed by atoms with Crippen LogP contribution < -0.4 is 5.32 Å². The van der Waals surface area contributed by atoms with Crippen molar-refractivity contribution in [2.45, 2.75) is 45.7 Å². The van der Waals surface area contributed by atoms with Gasteiger partial charge in [0.1, 0.15) is 24.3 Å². The Hall–Kier alpha value is -2.64. The number of nitrogens with one attached hydrogen (secondary N) is 1. The van der Waals surface area contributed by atoms with Gasteiger partial charge in [-0.15, -0.1) is 0 Å². The number of amides is 1. The van der Waals surface area contributed by atoms with Crippen molar-refractivity contribution in [1.29, 1.82) is 0 Å². The molecular weight excluding hydrogens is 322 g/mol. The third-order valence-electron chi connectivity index (χ3n) is 5.07. The van der Waals surface area contributed by atoms with Gasteiger partial charge in [-0.05, 0) is 39.8 Å². The molecule has 26 heavy (non-hydrogen) atoms. The van der Waals surface area contributed by atoms with E-state index in [-0.39, 0.29) is 11.9 Å². The Bertz CT molecular complexity index is 840. The second kappa shape index (κ2) is 6.93. The van der Waals surface area contributed by atoms with E-state index in [1.807, 2.05) is 56.5 Å². The van der Waals surface area contributed by atoms with Gasteiger partial charge in [-0.1, -0.05) is 40.7 Å². The van der Waals surface area contributed by atoms with Crippen LogP contribution in [-0.2, 0) is 4.79 Å². The lowest BCUT2D eigenvalue weighted by Gasteiger charge is -2.36. The predicted molar refractivity (Wildman–Crippen MR) is 105 cm³/mol. The third-order valence-corrected chi connectivity index (χ3v) is 5.07. The lowest BCUT2D eigenvalue weighted by Crippen LogP contribution is -2.53. The molecule has 0 saturated carbocycles. The molecule has 2 unspecified atom stereocenters. The van der Waals surface area contributed by atoms with Crippen LogP contribution in [0.5, 0.6) is 0 Å². The Balaban J connectivity index is 1.84. The fourth-order valence-electron chi connectivity index (χ4n) is 3.44. The minimum Gasteiger partial charge on any atom is -0.336 e. The van der Waals surface area contributed by atoms with Crippen molar-refractivity contribution in [3.63, 3.8) is 0 Å². The van der Waals surface area contributed by atoms with Crippen LogP contribution in [-0.4, -0.2) is 34.8 Å². The predicted octanol–water partition coefficient (Wildman–Crippen LogP) is 3.37. The Morgan fingerprint density at radius 3 is 2.62 bits per heavy atom. The zero-order valence-electron chi connectivity index (χ0n) is 15.9. The van der Waals surface area contributed by atoms with E-state index < -0.39 is 5.54 Å². The highest BCUT2D eigenvalue weighted by atomic mass is 16.2. The smallest absolute Gasteiger partial charge is 0.254 e. The van der Waals surface area contributed by atoms with Gasteiger partial charge in [0.05, 0.1) is 11.8 Å². The second-order valence-electron chi connectivity index (χ2n) is 7.58. The molecule has 0 spiro atoms. The van der Waals surface area contributed by atoms with Crippen molar-refractivity contribution in [2.24, 2.45) is 5.10 Å². The molecule has 4 heteroatoms. The first-order chi connectivity index (χ1) is 12.3. The van der Waals surface area contributed by atoms with Crippen molar-refractivity contribution in [2.75, 3.05) is 6.54 Å². The van der Waals surface area contributed by atoms with Crippen molar-refractivity contribution in [3.8, 4) is 11.8 Å². The summed E-state index contributed by atoms with van der Waals surface area (Å²) in [5, 5.41) is 7.72. The number of hydrogen-bond acceptors (Lipinski definition) is 2. The molecule has 0 radical (unpaired) electrons. The van der Waals surface area contributed by atoms with Crippen LogP contribution in [0.1, 0.15) is 39.7 Å². The summed E-state index contributed by atoms with van der Waals surface area (Å²) in [4.78, 5) is 12.9. The summed E-state index contributed by atoms with van der Waals surface area (Å²) in [7, 11) is 0. The maximum absolute atomic E-state index is 12.9. The summed E-state index contributed by atoms with van der Waals surface area (Å²) in [6.45, 7) is 8.85. The first kappa shape index (κ1) is 18.2. The molecule has 2 atom stereocenters. The highest BCUT2D eigenvalue weighted by Gasteiger charge is 2.39. The Labute approximate surface area is 155 Å². The SMILES string of the molecule is CC1=C(C[N+]2(C(C)C)C=CC=N2)C(=O)NC(C)(C#Cc2ccccc2)C1. The monoisotopic (exact) mass is 348 g/mol. The average molecular weight is 348 g/mol. The lowest BCUT2D eigenvalue weighted by molar-refractivity contribution is -0.899. The van der Waals surface area contributed by atoms with Gasteiger partial charge in [0.2, 0.25) is 0 Å². The molecule has 4 nitrogen and oxygen atoms in total. The molecule has 0 bridgehead atoms. The molecule has 1 aromatic rings. The number of hydrogen-bond donors (Lipinski definition) is 1. The van der Waals surface area contributed by atoms with Crippen molar-refractivity contribution in [3.05, 3.63) is 59.3 Å². The van der Waals surface area contributed by atoms with Gasteiger partial charge in [0.25, 0.3) is 5.91 Å². The highest BCUT2D eigenvalue weighted by molar-refractivity contribution is 5.96. The maximum Gasteiger partial charge on any atom is 0.254 e. The Kier molecular flexibility index (Phi) is 4.84. The minimum absolute atomic E-state index is 0.0349. The molecule has 0 fully saturated rings. The normalized spacial score (nSPS) is 27.5. The van der Waals surface area contributed by atoms with Crippen LogP contribution in [0.4, 0.5) is 0 Å². The number of allylic oxidation sites excluding steroid dienone is 1. The van der Waals surface area contributed by atoms with E-state index in [1.54, 1.807) is 0 Å². The molecule has 3 rings (SSSR count). The number of carbonyl (C=O) groups excluding carboxylic acids is 1. The zero-order valence-corrected chi connectivity index (χ0v) is 15.9. The van der Waals surface area contributed by atoms with Crippen molar-refractivity contribution < 1.29 is 9.39 Å². The molecule has 0 aliphatic carbocycles. The van der Waals surface area contributed by atoms with Gasteiger partial charge < -0.3 is 5.32 Å². The largest absolute Gasteiger partial charge is 0.336 e. The topological polar surface area (TPSA) is 41.5 Å². The van der Waals surface area contributed by atoms with Gasteiger partial charge in [-0.25, -0.2) is 0 Å². The quantitative estimate of drug-likeness (QED) is 0.660. The molecule has 1 N–H and O–H groups in total. The van der Waals surface area contributed by atoms with Gasteiger partial charge in [-0.2, -0.15) is 4.59 Å². The molecule has 2 aliphatic rings. The van der Waals surface area contributed by atoms with Crippen LogP contribution in [0.2, 0.25) is 0 Å². The number of benzene rings is 1. The van der Waals surface area contributed by atoms with Gasteiger partial charge in [-0.3, -0.25) is 4.79 Å².